The SMILES string of the molecule is Cc1cc(Cl)cc(NNC=O)c1NC(=O)c1cc(Br)nn1-c1ncccc1Cl. The lowest BCUT2D eigenvalue weighted by atomic mass is 10.1. The lowest BCUT2D eigenvalue weighted by Gasteiger charge is -2.16. The van der Waals surface area contributed by atoms with Gasteiger partial charge in [-0.2, -0.15) is 5.10 Å². The van der Waals surface area contributed by atoms with E-state index in [9.17, 15) is 9.59 Å². The number of anilines is 2. The maximum atomic E-state index is 13.0. The molecule has 1 aromatic carbocycles. The summed E-state index contributed by atoms with van der Waals surface area (Å²) in [4.78, 5) is 27.8. The van der Waals surface area contributed by atoms with Crippen LogP contribution in [0.3, 0.4) is 0 Å². The van der Waals surface area contributed by atoms with E-state index < -0.39 is 5.91 Å². The van der Waals surface area contributed by atoms with Crippen molar-refractivity contribution in [3.8, 4) is 5.82 Å². The van der Waals surface area contributed by atoms with E-state index in [1.165, 1.54) is 4.68 Å². The Morgan fingerprint density at radius 2 is 2.07 bits per heavy atom. The predicted octanol–water partition coefficient (Wildman–Crippen LogP) is 3.97. The summed E-state index contributed by atoms with van der Waals surface area (Å²) in [5, 5.41) is 7.83. The van der Waals surface area contributed by atoms with Crippen LogP contribution in [0.1, 0.15) is 16.1 Å². The van der Waals surface area contributed by atoms with E-state index in [4.69, 9.17) is 23.2 Å². The van der Waals surface area contributed by atoms with Crippen LogP contribution in [-0.4, -0.2) is 27.1 Å². The van der Waals surface area contributed by atoms with Crippen LogP contribution < -0.4 is 16.2 Å². The van der Waals surface area contributed by atoms with Gasteiger partial charge in [-0.3, -0.25) is 20.4 Å². The van der Waals surface area contributed by atoms with Crippen LogP contribution in [0.5, 0.6) is 0 Å². The number of carbonyl (C=O) groups excluding carboxylic acids is 2. The molecule has 28 heavy (non-hydrogen) atoms. The second-order valence-corrected chi connectivity index (χ2v) is 7.22. The maximum absolute atomic E-state index is 13.0. The Morgan fingerprint density at radius 3 is 2.79 bits per heavy atom. The van der Waals surface area contributed by atoms with Gasteiger partial charge in [0.05, 0.1) is 16.4 Å². The zero-order valence-electron chi connectivity index (χ0n) is 14.3. The molecule has 0 saturated heterocycles. The monoisotopic (exact) mass is 482 g/mol. The van der Waals surface area contributed by atoms with Crippen molar-refractivity contribution >= 4 is 62.8 Å². The fraction of sp³-hybridized carbons (Fsp3) is 0.0588. The Hall–Kier alpha value is -2.62. The highest BCUT2D eigenvalue weighted by Gasteiger charge is 2.20. The van der Waals surface area contributed by atoms with Gasteiger partial charge in [0.1, 0.15) is 10.3 Å². The summed E-state index contributed by atoms with van der Waals surface area (Å²) < 4.78 is 1.78. The first kappa shape index (κ1) is 20.1. The van der Waals surface area contributed by atoms with E-state index in [1.807, 2.05) is 0 Å². The molecule has 0 fully saturated rings. The number of aromatic nitrogens is 3. The van der Waals surface area contributed by atoms with E-state index in [0.29, 0.717) is 43.8 Å². The molecular weight excluding hydrogens is 471 g/mol. The van der Waals surface area contributed by atoms with Crippen LogP contribution in [0, 0.1) is 6.92 Å². The highest BCUT2D eigenvalue weighted by atomic mass is 79.9. The Kier molecular flexibility index (Phi) is 6.18. The number of pyridine rings is 1. The number of hydrazine groups is 1. The number of carbonyl (C=O) groups is 2. The van der Waals surface area contributed by atoms with Crippen LogP contribution in [0.25, 0.3) is 5.82 Å². The molecule has 3 N–H and O–H groups in total. The number of nitrogens with one attached hydrogen (secondary N) is 3. The molecule has 0 unspecified atom stereocenters. The van der Waals surface area contributed by atoms with Crippen molar-refractivity contribution in [3.63, 3.8) is 0 Å². The number of halogens is 3. The average Bonchev–Trinajstić information content (AvgIpc) is 3.04. The summed E-state index contributed by atoms with van der Waals surface area (Å²) in [5.74, 6) is -0.145. The Bertz CT molecular complexity index is 1060. The lowest BCUT2D eigenvalue weighted by Crippen LogP contribution is -2.23. The van der Waals surface area contributed by atoms with Crippen LogP contribution in [0.15, 0.2) is 41.1 Å². The molecule has 2 amide bonds. The molecule has 3 aromatic rings. The number of hydrogen-bond acceptors (Lipinski definition) is 5. The summed E-state index contributed by atoms with van der Waals surface area (Å²) in [6.45, 7) is 1.77. The number of benzene rings is 1. The maximum Gasteiger partial charge on any atom is 0.274 e. The topological polar surface area (TPSA) is 101 Å². The minimum Gasteiger partial charge on any atom is -0.319 e. The fourth-order valence-corrected chi connectivity index (χ4v) is 3.35. The van der Waals surface area contributed by atoms with Gasteiger partial charge in [-0.25, -0.2) is 9.67 Å². The summed E-state index contributed by atoms with van der Waals surface area (Å²) in [6.07, 6.45) is 2.02. The van der Waals surface area contributed by atoms with Crippen molar-refractivity contribution in [3.05, 3.63) is 62.4 Å². The molecule has 11 heteroatoms. The summed E-state index contributed by atoms with van der Waals surface area (Å²) in [5.41, 5.74) is 6.77. The summed E-state index contributed by atoms with van der Waals surface area (Å²) in [6, 6.07) is 8.13. The van der Waals surface area contributed by atoms with Gasteiger partial charge in [-0.15, -0.1) is 0 Å². The number of rotatable bonds is 6. The van der Waals surface area contributed by atoms with E-state index in [0.717, 1.165) is 0 Å². The molecule has 2 aromatic heterocycles. The molecule has 0 atom stereocenters. The van der Waals surface area contributed by atoms with Crippen molar-refractivity contribution < 1.29 is 9.59 Å². The van der Waals surface area contributed by atoms with Crippen LogP contribution in [0.2, 0.25) is 10.0 Å². The second-order valence-electron chi connectivity index (χ2n) is 5.56. The van der Waals surface area contributed by atoms with Crippen LogP contribution >= 0.6 is 39.1 Å². The van der Waals surface area contributed by atoms with E-state index in [1.54, 1.807) is 43.5 Å². The predicted molar refractivity (Wildman–Crippen MR) is 111 cm³/mol. The highest BCUT2D eigenvalue weighted by Crippen LogP contribution is 2.30. The third kappa shape index (κ3) is 4.27. The minimum atomic E-state index is -0.459. The first-order chi connectivity index (χ1) is 13.4. The molecule has 2 heterocycles. The zero-order valence-corrected chi connectivity index (χ0v) is 17.4. The minimum absolute atomic E-state index is 0.205. The third-order valence-electron chi connectivity index (χ3n) is 3.66. The molecule has 0 bridgehead atoms. The molecular formula is C17H13BrCl2N6O2. The van der Waals surface area contributed by atoms with Crippen molar-refractivity contribution in [2.75, 3.05) is 10.7 Å². The Morgan fingerprint density at radius 1 is 1.29 bits per heavy atom. The third-order valence-corrected chi connectivity index (χ3v) is 4.56. The van der Waals surface area contributed by atoms with Gasteiger partial charge in [0.15, 0.2) is 5.82 Å². The molecule has 8 nitrogen and oxygen atoms in total. The molecule has 0 aliphatic rings. The van der Waals surface area contributed by atoms with Crippen molar-refractivity contribution in [1.82, 2.24) is 20.2 Å². The average molecular weight is 484 g/mol. The van der Waals surface area contributed by atoms with Gasteiger partial charge >= 0.3 is 0 Å². The number of amides is 2. The van der Waals surface area contributed by atoms with Gasteiger partial charge in [0, 0.05) is 17.3 Å². The molecule has 0 spiro atoms. The van der Waals surface area contributed by atoms with E-state index in [2.05, 4.69) is 42.2 Å². The summed E-state index contributed by atoms with van der Waals surface area (Å²) in [7, 11) is 0. The Balaban J connectivity index is 1.99. The van der Waals surface area contributed by atoms with Gasteiger partial charge in [-0.1, -0.05) is 23.2 Å². The highest BCUT2D eigenvalue weighted by molar-refractivity contribution is 9.10. The number of nitrogens with zero attached hydrogens (tertiary/aromatic N) is 3. The van der Waals surface area contributed by atoms with Crippen molar-refractivity contribution in [2.45, 2.75) is 6.92 Å². The Labute approximate surface area is 178 Å². The molecule has 0 aliphatic heterocycles. The molecule has 144 valence electrons. The van der Waals surface area contributed by atoms with Gasteiger partial charge in [0.25, 0.3) is 5.91 Å². The van der Waals surface area contributed by atoms with Crippen molar-refractivity contribution in [2.24, 2.45) is 0 Å². The fourth-order valence-electron chi connectivity index (χ4n) is 2.50. The van der Waals surface area contributed by atoms with Crippen LogP contribution in [-0.2, 0) is 4.79 Å². The standard InChI is InChI=1S/C17H13BrCl2N6O2/c1-9-5-10(19)6-12(24-22-8-27)15(9)23-17(28)13-7-14(18)25-26(13)16-11(20)3-2-4-21-16/h2-8,24H,1H3,(H,22,27)(H,23,28). The van der Waals surface area contributed by atoms with Crippen LogP contribution in [0.4, 0.5) is 11.4 Å². The summed E-state index contributed by atoms with van der Waals surface area (Å²) >= 11 is 15.5. The molecule has 0 aliphatic carbocycles. The quantitative estimate of drug-likeness (QED) is 0.363. The molecule has 0 radical (unpaired) electrons. The second kappa shape index (κ2) is 8.59. The smallest absolute Gasteiger partial charge is 0.274 e. The normalized spacial score (nSPS) is 10.4. The first-order valence-electron chi connectivity index (χ1n) is 7.84. The first-order valence-corrected chi connectivity index (χ1v) is 9.38. The van der Waals surface area contributed by atoms with Gasteiger partial charge < -0.3 is 5.32 Å². The zero-order chi connectivity index (χ0) is 20.3. The van der Waals surface area contributed by atoms with Gasteiger partial charge in [-0.05, 0) is 52.7 Å². The van der Waals surface area contributed by atoms with E-state index in [-0.39, 0.29) is 5.69 Å². The lowest BCUT2D eigenvalue weighted by molar-refractivity contribution is -0.109. The van der Waals surface area contributed by atoms with Crippen molar-refractivity contribution in [1.29, 1.82) is 0 Å². The largest absolute Gasteiger partial charge is 0.319 e. The number of aryl methyl sites for hydroxylation is 1. The molecule has 3 rings (SSSR count). The van der Waals surface area contributed by atoms with Gasteiger partial charge in [0.2, 0.25) is 6.41 Å². The van der Waals surface area contributed by atoms with E-state index >= 15 is 0 Å². The molecule has 0 saturated carbocycles. The number of hydrogen-bond donors (Lipinski definition) is 3.